The number of nitrogens with zero attached hydrogens (tertiary/aromatic N) is 1. The number of hydrogen-bond donors (Lipinski definition) is 1. The van der Waals surface area contributed by atoms with Crippen molar-refractivity contribution in [2.75, 3.05) is 6.54 Å². The number of hydrogen-bond acceptors (Lipinski definition) is 5. The zero-order valence-corrected chi connectivity index (χ0v) is 16.9. The summed E-state index contributed by atoms with van der Waals surface area (Å²) in [5, 5.41) is 3.52. The first-order chi connectivity index (χ1) is 13.5. The first-order valence-electron chi connectivity index (χ1n) is 8.67. The van der Waals surface area contributed by atoms with Gasteiger partial charge in [-0.2, -0.15) is 0 Å². The molecule has 3 aromatic rings. The summed E-state index contributed by atoms with van der Waals surface area (Å²) >= 11 is 1.16. The molecular weight excluding hydrogens is 392 g/mol. The van der Waals surface area contributed by atoms with Gasteiger partial charge in [0, 0.05) is 25.0 Å². The topological polar surface area (TPSA) is 76.1 Å². The molecule has 1 unspecified atom stereocenters. The van der Waals surface area contributed by atoms with E-state index in [4.69, 9.17) is 0 Å². The van der Waals surface area contributed by atoms with E-state index in [0.717, 1.165) is 22.5 Å². The van der Waals surface area contributed by atoms with Crippen molar-refractivity contribution in [3.05, 3.63) is 89.1 Å². The van der Waals surface area contributed by atoms with Crippen LogP contribution in [-0.4, -0.2) is 25.9 Å². The highest BCUT2D eigenvalue weighted by Crippen LogP contribution is 2.30. The number of aryl methyl sites for hydroxylation is 1. The van der Waals surface area contributed by atoms with Crippen LogP contribution in [0.15, 0.2) is 76.6 Å². The van der Waals surface area contributed by atoms with Gasteiger partial charge in [0.15, 0.2) is 9.84 Å². The third kappa shape index (κ3) is 4.94. The zero-order valence-electron chi connectivity index (χ0n) is 15.3. The Bertz CT molecular complexity index is 1040. The largest absolute Gasteiger partial charge is 0.351 e. The number of sulfone groups is 1. The monoisotopic (exact) mass is 412 g/mol. The van der Waals surface area contributed by atoms with Crippen LogP contribution in [0.2, 0.25) is 0 Å². The highest BCUT2D eigenvalue weighted by Gasteiger charge is 2.30. The Hall–Kier alpha value is -2.77. The number of aromatic nitrogens is 1. The van der Waals surface area contributed by atoms with Crippen molar-refractivity contribution in [3.63, 3.8) is 0 Å². The van der Waals surface area contributed by atoms with Crippen molar-refractivity contribution < 1.29 is 13.2 Å². The molecule has 0 aliphatic heterocycles. The van der Waals surface area contributed by atoms with Gasteiger partial charge >= 0.3 is 0 Å². The van der Waals surface area contributed by atoms with Crippen LogP contribution in [0.1, 0.15) is 21.9 Å². The molecule has 0 aliphatic carbocycles. The maximum atomic E-state index is 13.0. The van der Waals surface area contributed by atoms with Crippen LogP contribution < -0.4 is 5.32 Å². The number of rotatable bonds is 7. The number of carbonyl (C=O) groups excluding carboxylic acids is 1. The summed E-state index contributed by atoms with van der Waals surface area (Å²) in [7, 11) is -3.64. The molecular formula is C21H20N2O3S2. The van der Waals surface area contributed by atoms with Crippen LogP contribution in [0.25, 0.3) is 6.08 Å². The van der Waals surface area contributed by atoms with Gasteiger partial charge < -0.3 is 5.32 Å². The van der Waals surface area contributed by atoms with Gasteiger partial charge in [-0.15, -0.1) is 11.3 Å². The molecule has 0 spiro atoms. The Labute approximate surface area is 168 Å². The van der Waals surface area contributed by atoms with Crippen molar-refractivity contribution in [1.29, 1.82) is 0 Å². The van der Waals surface area contributed by atoms with E-state index in [-0.39, 0.29) is 16.7 Å². The predicted molar refractivity (Wildman–Crippen MR) is 112 cm³/mol. The molecule has 0 radical (unpaired) electrons. The standard InChI is InChI=1S/C21H20N2O3S2/c1-16-6-8-17(9-7-16)10-11-20(24)23-15-19(18-4-2-12-22-14-18)28(25,26)21-5-3-13-27-21/h2-14,19H,15H2,1H3,(H,23,24)/b11-10+. The quantitative estimate of drug-likeness (QED) is 0.599. The van der Waals surface area contributed by atoms with Gasteiger partial charge in [0.1, 0.15) is 9.46 Å². The summed E-state index contributed by atoms with van der Waals surface area (Å²) in [5.41, 5.74) is 2.58. The molecule has 2 aromatic heterocycles. The fraction of sp³-hybridized carbons (Fsp3) is 0.143. The smallest absolute Gasteiger partial charge is 0.244 e. The van der Waals surface area contributed by atoms with Gasteiger partial charge in [-0.25, -0.2) is 8.42 Å². The maximum Gasteiger partial charge on any atom is 0.244 e. The highest BCUT2D eigenvalue weighted by molar-refractivity contribution is 7.93. The zero-order chi connectivity index (χ0) is 20.0. The van der Waals surface area contributed by atoms with Crippen LogP contribution in [0, 0.1) is 6.92 Å². The van der Waals surface area contributed by atoms with Crippen molar-refractivity contribution in [2.45, 2.75) is 16.4 Å². The first kappa shape index (κ1) is 20.0. The van der Waals surface area contributed by atoms with Gasteiger partial charge in [0.25, 0.3) is 0 Å². The van der Waals surface area contributed by atoms with Crippen LogP contribution in [-0.2, 0) is 14.6 Å². The SMILES string of the molecule is Cc1ccc(/C=C/C(=O)NCC(c2cccnc2)S(=O)(=O)c2cccs2)cc1. The van der Waals surface area contributed by atoms with Gasteiger partial charge in [0.2, 0.25) is 5.91 Å². The molecule has 2 heterocycles. The molecule has 1 N–H and O–H groups in total. The van der Waals surface area contributed by atoms with Crippen LogP contribution >= 0.6 is 11.3 Å². The van der Waals surface area contributed by atoms with E-state index in [1.807, 2.05) is 31.2 Å². The van der Waals surface area contributed by atoms with E-state index in [1.165, 1.54) is 12.3 Å². The Balaban J connectivity index is 1.75. The summed E-state index contributed by atoms with van der Waals surface area (Å²) in [6.45, 7) is 1.95. The third-order valence-electron chi connectivity index (χ3n) is 4.17. The fourth-order valence-electron chi connectivity index (χ4n) is 2.64. The van der Waals surface area contributed by atoms with E-state index in [1.54, 1.807) is 41.9 Å². The molecule has 1 amide bonds. The number of pyridine rings is 1. The second kappa shape index (κ2) is 8.95. The molecule has 1 atom stereocenters. The maximum absolute atomic E-state index is 13.0. The third-order valence-corrected chi connectivity index (χ3v) is 7.70. The van der Waals surface area contributed by atoms with E-state index in [9.17, 15) is 13.2 Å². The minimum atomic E-state index is -3.64. The average Bonchev–Trinajstić information content (AvgIpc) is 3.24. The molecule has 3 rings (SSSR count). The minimum absolute atomic E-state index is 0.0387. The van der Waals surface area contributed by atoms with E-state index in [2.05, 4.69) is 10.3 Å². The summed E-state index contributed by atoms with van der Waals surface area (Å²) in [6, 6.07) is 14.4. The summed E-state index contributed by atoms with van der Waals surface area (Å²) in [4.78, 5) is 16.2. The van der Waals surface area contributed by atoms with Crippen LogP contribution in [0.3, 0.4) is 0 Å². The number of amides is 1. The first-order valence-corrected chi connectivity index (χ1v) is 11.1. The van der Waals surface area contributed by atoms with Gasteiger partial charge in [0.05, 0.1) is 0 Å². The van der Waals surface area contributed by atoms with Gasteiger partial charge in [-0.3, -0.25) is 9.78 Å². The second-order valence-corrected chi connectivity index (χ2v) is 9.55. The fourth-order valence-corrected chi connectivity index (χ4v) is 5.49. The molecule has 0 saturated carbocycles. The molecule has 0 fully saturated rings. The van der Waals surface area contributed by atoms with E-state index < -0.39 is 15.1 Å². The summed E-state index contributed by atoms with van der Waals surface area (Å²) in [6.07, 6.45) is 6.20. The Morgan fingerprint density at radius 1 is 1.18 bits per heavy atom. The lowest BCUT2D eigenvalue weighted by molar-refractivity contribution is -0.116. The lowest BCUT2D eigenvalue weighted by Crippen LogP contribution is -2.30. The van der Waals surface area contributed by atoms with E-state index >= 15 is 0 Å². The molecule has 0 aliphatic rings. The number of carbonyl (C=O) groups is 1. The molecule has 28 heavy (non-hydrogen) atoms. The number of nitrogens with one attached hydrogen (secondary N) is 1. The van der Waals surface area contributed by atoms with Gasteiger partial charge in [-0.05, 0) is 41.6 Å². The molecule has 7 heteroatoms. The molecule has 0 bridgehead atoms. The Morgan fingerprint density at radius 3 is 2.61 bits per heavy atom. The lowest BCUT2D eigenvalue weighted by Gasteiger charge is -2.17. The number of benzene rings is 1. The Kier molecular flexibility index (Phi) is 6.38. The summed E-state index contributed by atoms with van der Waals surface area (Å²) < 4.78 is 26.3. The van der Waals surface area contributed by atoms with Crippen molar-refractivity contribution in [3.8, 4) is 0 Å². The Morgan fingerprint density at radius 2 is 1.96 bits per heavy atom. The van der Waals surface area contributed by atoms with E-state index in [0.29, 0.717) is 5.56 Å². The average molecular weight is 413 g/mol. The minimum Gasteiger partial charge on any atom is -0.351 e. The second-order valence-electron chi connectivity index (χ2n) is 6.24. The molecule has 0 saturated heterocycles. The summed E-state index contributed by atoms with van der Waals surface area (Å²) in [5.74, 6) is -0.351. The molecule has 144 valence electrons. The van der Waals surface area contributed by atoms with Crippen molar-refractivity contribution in [1.82, 2.24) is 10.3 Å². The van der Waals surface area contributed by atoms with Crippen molar-refractivity contribution >= 4 is 33.2 Å². The van der Waals surface area contributed by atoms with Gasteiger partial charge in [-0.1, -0.05) is 42.0 Å². The predicted octanol–water partition coefficient (Wildman–Crippen LogP) is 3.80. The lowest BCUT2D eigenvalue weighted by atomic mass is 10.1. The normalized spacial score (nSPS) is 12.8. The van der Waals surface area contributed by atoms with Crippen LogP contribution in [0.4, 0.5) is 0 Å². The molecule has 5 nitrogen and oxygen atoms in total. The molecule has 1 aromatic carbocycles. The number of thiophene rings is 1. The van der Waals surface area contributed by atoms with Crippen LogP contribution in [0.5, 0.6) is 0 Å². The van der Waals surface area contributed by atoms with Crippen molar-refractivity contribution in [2.24, 2.45) is 0 Å². The highest BCUT2D eigenvalue weighted by atomic mass is 32.2.